The molecule has 2 aromatic rings. The summed E-state index contributed by atoms with van der Waals surface area (Å²) in [6, 6.07) is 7.61. The SMILES string of the molecule is C=CCc1cc(-c2cc(CC=C)c(O)cc2CC=C)c(CC=C)cc1O. The Hall–Kier alpha value is -3.00. The van der Waals surface area contributed by atoms with Gasteiger partial charge in [0, 0.05) is 0 Å². The van der Waals surface area contributed by atoms with E-state index in [9.17, 15) is 10.2 Å². The van der Waals surface area contributed by atoms with Gasteiger partial charge >= 0.3 is 0 Å². The van der Waals surface area contributed by atoms with Gasteiger partial charge in [-0.25, -0.2) is 0 Å². The van der Waals surface area contributed by atoms with Crippen molar-refractivity contribution in [3.05, 3.63) is 97.1 Å². The molecule has 0 saturated heterocycles. The largest absolute Gasteiger partial charge is 0.508 e. The fraction of sp³-hybridized carbons (Fsp3) is 0.167. The van der Waals surface area contributed by atoms with E-state index in [2.05, 4.69) is 26.3 Å². The second kappa shape index (κ2) is 8.91. The Bertz CT molecular complexity index is 772. The Morgan fingerprint density at radius 1 is 0.538 bits per heavy atom. The summed E-state index contributed by atoms with van der Waals surface area (Å²) in [6.45, 7) is 15.2. The van der Waals surface area contributed by atoms with Gasteiger partial charge in [0.05, 0.1) is 0 Å². The van der Waals surface area contributed by atoms with Crippen molar-refractivity contribution in [1.82, 2.24) is 0 Å². The number of aromatic hydroxyl groups is 2. The first-order valence-corrected chi connectivity index (χ1v) is 8.69. The van der Waals surface area contributed by atoms with Gasteiger partial charge in [0.15, 0.2) is 0 Å². The number of phenolic OH excluding ortho intramolecular Hbond substituents is 2. The van der Waals surface area contributed by atoms with Crippen molar-refractivity contribution in [3.8, 4) is 22.6 Å². The van der Waals surface area contributed by atoms with E-state index in [1.165, 1.54) is 0 Å². The average Bonchev–Trinajstić information content (AvgIpc) is 2.60. The Labute approximate surface area is 156 Å². The van der Waals surface area contributed by atoms with Crippen LogP contribution in [0.3, 0.4) is 0 Å². The number of phenols is 2. The third-order valence-electron chi connectivity index (χ3n) is 4.36. The molecule has 134 valence electrons. The van der Waals surface area contributed by atoms with Crippen LogP contribution in [-0.2, 0) is 25.7 Å². The zero-order chi connectivity index (χ0) is 19.1. The van der Waals surface area contributed by atoms with Gasteiger partial charge in [-0.15, -0.1) is 26.3 Å². The molecule has 0 bridgehead atoms. The molecule has 2 rings (SSSR count). The smallest absolute Gasteiger partial charge is 0.119 e. The van der Waals surface area contributed by atoms with E-state index >= 15 is 0 Å². The highest BCUT2D eigenvalue weighted by Crippen LogP contribution is 2.36. The first kappa shape index (κ1) is 19.3. The van der Waals surface area contributed by atoms with Crippen molar-refractivity contribution in [2.24, 2.45) is 0 Å². The minimum Gasteiger partial charge on any atom is -0.508 e. The van der Waals surface area contributed by atoms with Gasteiger partial charge in [0.25, 0.3) is 0 Å². The third kappa shape index (κ3) is 4.15. The van der Waals surface area contributed by atoms with Gasteiger partial charge in [-0.3, -0.25) is 0 Å². The molecule has 0 aliphatic rings. The third-order valence-corrected chi connectivity index (χ3v) is 4.36. The predicted molar refractivity (Wildman–Crippen MR) is 111 cm³/mol. The number of hydrogen-bond acceptors (Lipinski definition) is 2. The van der Waals surface area contributed by atoms with Crippen molar-refractivity contribution in [3.63, 3.8) is 0 Å². The van der Waals surface area contributed by atoms with Gasteiger partial charge in [-0.2, -0.15) is 0 Å². The molecule has 0 radical (unpaired) electrons. The molecule has 0 amide bonds. The molecule has 0 heterocycles. The van der Waals surface area contributed by atoms with E-state index in [0.717, 1.165) is 33.4 Å². The van der Waals surface area contributed by atoms with Crippen molar-refractivity contribution in [2.75, 3.05) is 0 Å². The maximum Gasteiger partial charge on any atom is 0.119 e. The molecule has 0 fully saturated rings. The van der Waals surface area contributed by atoms with Gasteiger partial charge in [-0.1, -0.05) is 24.3 Å². The number of rotatable bonds is 9. The number of benzene rings is 2. The zero-order valence-electron chi connectivity index (χ0n) is 15.2. The molecule has 0 atom stereocenters. The first-order valence-electron chi connectivity index (χ1n) is 8.69. The maximum atomic E-state index is 10.3. The van der Waals surface area contributed by atoms with Crippen LogP contribution < -0.4 is 0 Å². The summed E-state index contributed by atoms with van der Waals surface area (Å²) in [4.78, 5) is 0. The quantitative estimate of drug-likeness (QED) is 0.574. The fourth-order valence-corrected chi connectivity index (χ4v) is 3.14. The summed E-state index contributed by atoms with van der Waals surface area (Å²) in [5.74, 6) is 0.529. The van der Waals surface area contributed by atoms with Crippen molar-refractivity contribution in [1.29, 1.82) is 0 Å². The summed E-state index contributed by atoms with van der Waals surface area (Å²) in [6.07, 6.45) is 9.65. The second-order valence-corrected chi connectivity index (χ2v) is 6.25. The topological polar surface area (TPSA) is 40.5 Å². The van der Waals surface area contributed by atoms with Crippen LogP contribution in [-0.4, -0.2) is 10.2 Å². The zero-order valence-corrected chi connectivity index (χ0v) is 15.2. The van der Waals surface area contributed by atoms with Gasteiger partial charge in [0.2, 0.25) is 0 Å². The summed E-state index contributed by atoms with van der Waals surface area (Å²) >= 11 is 0. The van der Waals surface area contributed by atoms with E-state index in [4.69, 9.17) is 0 Å². The first-order chi connectivity index (χ1) is 12.5. The minimum atomic E-state index is 0.265. The molecule has 0 aromatic heterocycles. The molecule has 0 unspecified atom stereocenters. The lowest BCUT2D eigenvalue weighted by Crippen LogP contribution is -1.98. The fourth-order valence-electron chi connectivity index (χ4n) is 3.14. The molecule has 26 heavy (non-hydrogen) atoms. The van der Waals surface area contributed by atoms with Crippen LogP contribution in [0.15, 0.2) is 74.9 Å². The second-order valence-electron chi connectivity index (χ2n) is 6.25. The number of hydrogen-bond donors (Lipinski definition) is 2. The Kier molecular flexibility index (Phi) is 6.62. The van der Waals surface area contributed by atoms with Crippen LogP contribution in [0.4, 0.5) is 0 Å². The van der Waals surface area contributed by atoms with Gasteiger partial charge in [0.1, 0.15) is 11.5 Å². The Morgan fingerprint density at radius 2 is 0.846 bits per heavy atom. The van der Waals surface area contributed by atoms with Gasteiger partial charge < -0.3 is 10.2 Å². The standard InChI is InChI=1S/C24H26O2/c1-5-9-17-15-23(25)19(11-7-3)13-21(17)22-14-20(12-8-4)24(26)16-18(22)10-6-2/h5-8,13-16,25-26H,1-4,9-12H2. The van der Waals surface area contributed by atoms with Crippen molar-refractivity contribution in [2.45, 2.75) is 25.7 Å². The summed E-state index contributed by atoms with van der Waals surface area (Å²) in [5, 5.41) is 20.6. The molecule has 2 heteroatoms. The van der Waals surface area contributed by atoms with E-state index in [0.29, 0.717) is 25.7 Å². The monoisotopic (exact) mass is 346 g/mol. The molecule has 0 spiro atoms. The summed E-state index contributed by atoms with van der Waals surface area (Å²) in [7, 11) is 0. The molecular formula is C24H26O2. The summed E-state index contributed by atoms with van der Waals surface area (Å²) < 4.78 is 0. The van der Waals surface area contributed by atoms with Crippen LogP contribution >= 0.6 is 0 Å². The Balaban J connectivity index is 2.77. The number of allylic oxidation sites excluding steroid dienone is 4. The summed E-state index contributed by atoms with van der Waals surface area (Å²) in [5.41, 5.74) is 5.69. The van der Waals surface area contributed by atoms with E-state index < -0.39 is 0 Å². The van der Waals surface area contributed by atoms with Crippen LogP contribution in [0.2, 0.25) is 0 Å². The maximum absolute atomic E-state index is 10.3. The highest BCUT2D eigenvalue weighted by Gasteiger charge is 2.15. The van der Waals surface area contributed by atoms with E-state index in [-0.39, 0.29) is 11.5 Å². The predicted octanol–water partition coefficient (Wildman–Crippen LogP) is 5.68. The lowest BCUT2D eigenvalue weighted by Gasteiger charge is -2.17. The highest BCUT2D eigenvalue weighted by molar-refractivity contribution is 5.75. The highest BCUT2D eigenvalue weighted by atomic mass is 16.3. The average molecular weight is 346 g/mol. The normalized spacial score (nSPS) is 10.3. The Morgan fingerprint density at radius 3 is 1.15 bits per heavy atom. The van der Waals surface area contributed by atoms with Crippen LogP contribution in [0.5, 0.6) is 11.5 Å². The lowest BCUT2D eigenvalue weighted by atomic mass is 9.88. The molecule has 0 aliphatic carbocycles. The van der Waals surface area contributed by atoms with Gasteiger partial charge in [-0.05, 0) is 83.3 Å². The van der Waals surface area contributed by atoms with Crippen LogP contribution in [0, 0.1) is 0 Å². The van der Waals surface area contributed by atoms with Crippen LogP contribution in [0.25, 0.3) is 11.1 Å². The van der Waals surface area contributed by atoms with Crippen molar-refractivity contribution >= 4 is 0 Å². The molecule has 2 nitrogen and oxygen atoms in total. The van der Waals surface area contributed by atoms with Crippen LogP contribution in [0.1, 0.15) is 22.3 Å². The minimum absolute atomic E-state index is 0.265. The lowest BCUT2D eigenvalue weighted by molar-refractivity contribution is 0.468. The molecule has 0 aliphatic heterocycles. The molecule has 0 saturated carbocycles. The van der Waals surface area contributed by atoms with Crippen molar-refractivity contribution < 1.29 is 10.2 Å². The molecular weight excluding hydrogens is 320 g/mol. The van der Waals surface area contributed by atoms with E-state index in [1.54, 1.807) is 24.3 Å². The van der Waals surface area contributed by atoms with E-state index in [1.807, 2.05) is 24.3 Å². The molecule has 2 N–H and O–H groups in total. The molecule has 2 aromatic carbocycles.